The summed E-state index contributed by atoms with van der Waals surface area (Å²) < 4.78 is 156. The van der Waals surface area contributed by atoms with Gasteiger partial charge in [0.2, 0.25) is 0 Å². The van der Waals surface area contributed by atoms with Crippen molar-refractivity contribution < 1.29 is 71.7 Å². The van der Waals surface area contributed by atoms with E-state index in [1.54, 1.807) is 10.6 Å². The van der Waals surface area contributed by atoms with E-state index in [4.69, 9.17) is 0 Å². The summed E-state index contributed by atoms with van der Waals surface area (Å²) in [5.41, 5.74) is 0.577. The van der Waals surface area contributed by atoms with Crippen molar-refractivity contribution in [1.29, 1.82) is 0 Å². The van der Waals surface area contributed by atoms with Crippen LogP contribution in [-0.2, 0) is 15.9 Å². The highest BCUT2D eigenvalue weighted by Gasteiger charge is 2.60. The lowest BCUT2D eigenvalue weighted by atomic mass is 10.0. The van der Waals surface area contributed by atoms with Gasteiger partial charge >= 0.3 is 36.9 Å². The highest BCUT2D eigenvalue weighted by Crippen LogP contribution is 2.37. The van der Waals surface area contributed by atoms with Gasteiger partial charge in [-0.3, -0.25) is 10.6 Å². The van der Waals surface area contributed by atoms with Gasteiger partial charge in [-0.1, -0.05) is 24.3 Å². The minimum absolute atomic E-state index is 0.129. The lowest BCUT2D eigenvalue weighted by molar-refractivity contribution is -0.306. The third-order valence-electron chi connectivity index (χ3n) is 4.45. The molecule has 2 aromatic carbocycles. The molecule has 0 radical (unpaired) electrons. The molecule has 0 atom stereocenters. The molecule has 2 aromatic rings. The van der Waals surface area contributed by atoms with Gasteiger partial charge in [-0.05, 0) is 41.8 Å². The molecular weight excluding hydrogens is 572 g/mol. The maximum Gasteiger partial charge on any atom is 0.434 e. The zero-order valence-corrected chi connectivity index (χ0v) is 18.6. The zero-order chi connectivity index (χ0) is 29.8. The van der Waals surface area contributed by atoms with Crippen molar-refractivity contribution in [3.05, 3.63) is 59.7 Å². The normalized spacial score (nSPS) is 12.9. The van der Waals surface area contributed by atoms with Gasteiger partial charge in [-0.25, -0.2) is 9.59 Å². The van der Waals surface area contributed by atoms with Crippen LogP contribution in [0.5, 0.6) is 0 Å². The molecule has 0 spiro atoms. The molecule has 216 valence electrons. The fraction of sp³-hybridized carbons (Fsp3) is 0.333. The first kappa shape index (κ1) is 31.4. The molecule has 0 aliphatic carbocycles. The molecule has 18 heteroatoms. The van der Waals surface area contributed by atoms with Gasteiger partial charge in [0.05, 0.1) is 0 Å². The molecule has 0 aromatic heterocycles. The minimum Gasteiger partial charge on any atom is -0.426 e. The third-order valence-corrected chi connectivity index (χ3v) is 4.45. The SMILES string of the molecule is O=C(Nc1ccc(Cc2ccc(NC(=O)OC(C(F)(F)F)C(F)(F)F)cc2)cc1)OC(C(F)(F)F)C(F)(F)F. The Balaban J connectivity index is 1.95. The van der Waals surface area contributed by atoms with Crippen molar-refractivity contribution in [2.75, 3.05) is 10.6 Å². The molecule has 0 saturated heterocycles. The maximum atomic E-state index is 12.5. The number of carbonyl (C=O) groups is 2. The van der Waals surface area contributed by atoms with Crippen molar-refractivity contribution in [3.8, 4) is 0 Å². The lowest BCUT2D eigenvalue weighted by Crippen LogP contribution is -2.46. The molecular formula is C21H14F12N2O4. The summed E-state index contributed by atoms with van der Waals surface area (Å²) in [6, 6.07) is 9.87. The quantitative estimate of drug-likeness (QED) is 0.347. The highest BCUT2D eigenvalue weighted by molar-refractivity contribution is 5.85. The molecule has 2 N–H and O–H groups in total. The number of benzene rings is 2. The van der Waals surface area contributed by atoms with Crippen molar-refractivity contribution >= 4 is 23.6 Å². The van der Waals surface area contributed by atoms with Gasteiger partial charge in [0.25, 0.3) is 12.2 Å². The molecule has 39 heavy (non-hydrogen) atoms. The van der Waals surface area contributed by atoms with Gasteiger partial charge in [0.1, 0.15) is 0 Å². The number of hydrogen-bond donors (Lipinski definition) is 2. The third kappa shape index (κ3) is 9.75. The number of rotatable bonds is 6. The van der Waals surface area contributed by atoms with Crippen LogP contribution in [0.25, 0.3) is 0 Å². The summed E-state index contributed by atoms with van der Waals surface area (Å²) in [4.78, 5) is 22.9. The van der Waals surface area contributed by atoms with Crippen molar-refractivity contribution in [2.45, 2.75) is 43.3 Å². The van der Waals surface area contributed by atoms with Crippen LogP contribution in [-0.4, -0.2) is 49.1 Å². The summed E-state index contributed by atoms with van der Waals surface area (Å²) in [7, 11) is 0. The van der Waals surface area contributed by atoms with Gasteiger partial charge < -0.3 is 9.47 Å². The van der Waals surface area contributed by atoms with E-state index in [1.165, 1.54) is 24.3 Å². The first-order valence-electron chi connectivity index (χ1n) is 10.1. The second-order valence-electron chi connectivity index (χ2n) is 7.56. The monoisotopic (exact) mass is 586 g/mol. The minimum atomic E-state index is -5.89. The van der Waals surface area contributed by atoms with E-state index in [1.807, 2.05) is 0 Å². The van der Waals surface area contributed by atoms with Gasteiger partial charge in [0.15, 0.2) is 0 Å². The smallest absolute Gasteiger partial charge is 0.426 e. The number of ether oxygens (including phenoxy) is 2. The number of amides is 2. The summed E-state index contributed by atoms with van der Waals surface area (Å²) in [5.74, 6) is 0. The lowest BCUT2D eigenvalue weighted by Gasteiger charge is -2.22. The van der Waals surface area contributed by atoms with Crippen LogP contribution in [0.4, 0.5) is 73.6 Å². The van der Waals surface area contributed by atoms with Crippen LogP contribution < -0.4 is 10.6 Å². The highest BCUT2D eigenvalue weighted by atomic mass is 19.4. The second-order valence-corrected chi connectivity index (χ2v) is 7.56. The van der Waals surface area contributed by atoms with E-state index >= 15 is 0 Å². The van der Waals surface area contributed by atoms with E-state index in [-0.39, 0.29) is 17.8 Å². The fourth-order valence-corrected chi connectivity index (χ4v) is 2.79. The number of hydrogen-bond acceptors (Lipinski definition) is 4. The zero-order valence-electron chi connectivity index (χ0n) is 18.6. The first-order valence-corrected chi connectivity index (χ1v) is 10.1. The summed E-state index contributed by atoms with van der Waals surface area (Å²) >= 11 is 0. The van der Waals surface area contributed by atoms with Crippen LogP contribution in [0.3, 0.4) is 0 Å². The van der Waals surface area contributed by atoms with Gasteiger partial charge in [-0.2, -0.15) is 52.7 Å². The average molecular weight is 586 g/mol. The standard InChI is InChI=1S/C21H14F12N2O4/c22-18(23,24)14(19(25,26)27)38-16(36)34-12-5-1-10(2-6-12)9-11-3-7-13(8-4-11)35-17(37)39-15(20(28,29)30)21(31,32)33/h1-8,14-15H,9H2,(H,34,36)(H,35,37). The largest absolute Gasteiger partial charge is 0.434 e. The number of anilines is 2. The predicted octanol–water partition coefficient (Wildman–Crippen LogP) is 7.36. The van der Waals surface area contributed by atoms with Gasteiger partial charge in [-0.15, -0.1) is 0 Å². The topological polar surface area (TPSA) is 76.7 Å². The Labute approximate surface area is 209 Å². The van der Waals surface area contributed by atoms with Crippen LogP contribution in [0.1, 0.15) is 11.1 Å². The molecule has 0 fully saturated rings. The molecule has 0 heterocycles. The maximum absolute atomic E-state index is 12.5. The fourth-order valence-electron chi connectivity index (χ4n) is 2.79. The van der Waals surface area contributed by atoms with Crippen molar-refractivity contribution in [1.82, 2.24) is 0 Å². The molecule has 0 saturated carbocycles. The average Bonchev–Trinajstić information content (AvgIpc) is 2.75. The van der Waals surface area contributed by atoms with E-state index in [2.05, 4.69) is 9.47 Å². The van der Waals surface area contributed by atoms with Crippen LogP contribution in [0.2, 0.25) is 0 Å². The van der Waals surface area contributed by atoms with Crippen LogP contribution in [0, 0.1) is 0 Å². The molecule has 0 unspecified atom stereocenters. The first-order chi connectivity index (χ1) is 17.7. The number of nitrogens with one attached hydrogen (secondary N) is 2. The Morgan fingerprint density at radius 1 is 0.538 bits per heavy atom. The van der Waals surface area contributed by atoms with E-state index < -0.39 is 49.1 Å². The Morgan fingerprint density at radius 3 is 1.03 bits per heavy atom. The Bertz CT molecular complexity index is 1010. The van der Waals surface area contributed by atoms with E-state index in [0.717, 1.165) is 24.3 Å². The predicted molar refractivity (Wildman–Crippen MR) is 108 cm³/mol. The number of alkyl halides is 12. The molecule has 6 nitrogen and oxygen atoms in total. The Kier molecular flexibility index (Phi) is 9.23. The molecule has 2 amide bonds. The van der Waals surface area contributed by atoms with Crippen molar-refractivity contribution in [3.63, 3.8) is 0 Å². The number of halogens is 12. The summed E-state index contributed by atoms with van der Waals surface area (Å²) in [6.07, 6.45) is -36.1. The Morgan fingerprint density at radius 2 is 0.795 bits per heavy atom. The molecule has 0 aliphatic heterocycles. The van der Waals surface area contributed by atoms with Crippen molar-refractivity contribution in [2.24, 2.45) is 0 Å². The molecule has 0 bridgehead atoms. The van der Waals surface area contributed by atoms with E-state index in [0.29, 0.717) is 11.1 Å². The van der Waals surface area contributed by atoms with E-state index in [9.17, 15) is 62.3 Å². The number of carbonyl (C=O) groups excluding carboxylic acids is 2. The second kappa shape index (κ2) is 11.5. The van der Waals surface area contributed by atoms with Crippen LogP contribution in [0.15, 0.2) is 48.5 Å². The van der Waals surface area contributed by atoms with Crippen LogP contribution >= 0.6 is 0 Å². The van der Waals surface area contributed by atoms with Gasteiger partial charge in [0, 0.05) is 11.4 Å². The summed E-state index contributed by atoms with van der Waals surface area (Å²) in [5, 5.41) is 3.42. The summed E-state index contributed by atoms with van der Waals surface area (Å²) in [6.45, 7) is 0. The molecule has 0 aliphatic rings. The Hall–Kier alpha value is -3.86. The molecule has 2 rings (SSSR count).